The van der Waals surface area contributed by atoms with Crippen LogP contribution in [0.3, 0.4) is 0 Å². The van der Waals surface area contributed by atoms with E-state index in [2.05, 4.69) is 0 Å². The lowest BCUT2D eigenvalue weighted by molar-refractivity contribution is -0.120. The summed E-state index contributed by atoms with van der Waals surface area (Å²) in [5.41, 5.74) is 8.67. The van der Waals surface area contributed by atoms with Crippen molar-refractivity contribution in [2.45, 2.75) is 13.0 Å². The van der Waals surface area contributed by atoms with Crippen molar-refractivity contribution < 1.29 is 19.1 Å². The number of nitrogens with two attached hydrogens (primary N) is 1. The maximum absolute atomic E-state index is 12.8. The maximum atomic E-state index is 12.8. The topological polar surface area (TPSA) is 78.6 Å². The fourth-order valence-corrected chi connectivity index (χ4v) is 2.73. The molecule has 5 nitrogen and oxygen atoms in total. The minimum absolute atomic E-state index is 0.0634. The summed E-state index contributed by atoms with van der Waals surface area (Å²) in [4.78, 5) is 24.6. The van der Waals surface area contributed by atoms with Crippen LogP contribution in [0, 0.1) is 6.92 Å². The van der Waals surface area contributed by atoms with Gasteiger partial charge in [-0.2, -0.15) is 0 Å². The van der Waals surface area contributed by atoms with E-state index in [1.54, 1.807) is 25.1 Å². The molecule has 3 rings (SSSR count). The van der Waals surface area contributed by atoms with Gasteiger partial charge in [0.1, 0.15) is 0 Å². The Morgan fingerprint density at radius 2 is 1.88 bits per heavy atom. The first kappa shape index (κ1) is 15.8. The molecule has 5 heteroatoms. The molecule has 2 aromatic rings. The Hall–Kier alpha value is -3.08. The summed E-state index contributed by atoms with van der Waals surface area (Å²) in [7, 11) is 1.32. The second-order valence-corrected chi connectivity index (χ2v) is 5.53. The standard InChI is InChI=1S/C19H17NO4/c1-11-8-9-13(10-14(11)19(22)23-2)15-16(21)17(24-18(15)20)12-6-4-3-5-7-12/h3-10,17H,20H2,1-2H3. The first-order chi connectivity index (χ1) is 11.5. The van der Waals surface area contributed by atoms with Gasteiger partial charge in [-0.05, 0) is 24.1 Å². The maximum Gasteiger partial charge on any atom is 0.338 e. The summed E-state index contributed by atoms with van der Waals surface area (Å²) in [5.74, 6) is -0.619. The molecule has 1 aliphatic rings. The highest BCUT2D eigenvalue weighted by atomic mass is 16.5. The van der Waals surface area contributed by atoms with Crippen LogP contribution in [0.15, 0.2) is 54.4 Å². The quantitative estimate of drug-likeness (QED) is 0.879. The summed E-state index contributed by atoms with van der Waals surface area (Å²) in [6.45, 7) is 1.80. The van der Waals surface area contributed by atoms with Crippen molar-refractivity contribution in [3.8, 4) is 0 Å². The molecule has 0 spiro atoms. The van der Waals surface area contributed by atoms with Crippen molar-refractivity contribution in [2.24, 2.45) is 5.73 Å². The second-order valence-electron chi connectivity index (χ2n) is 5.53. The van der Waals surface area contributed by atoms with E-state index in [1.807, 2.05) is 30.3 Å². The smallest absolute Gasteiger partial charge is 0.338 e. The number of aryl methyl sites for hydroxylation is 1. The fourth-order valence-electron chi connectivity index (χ4n) is 2.73. The van der Waals surface area contributed by atoms with Gasteiger partial charge in [-0.25, -0.2) is 4.79 Å². The van der Waals surface area contributed by atoms with Crippen molar-refractivity contribution in [1.82, 2.24) is 0 Å². The predicted molar refractivity (Wildman–Crippen MR) is 88.9 cm³/mol. The van der Waals surface area contributed by atoms with Gasteiger partial charge in [0.25, 0.3) is 0 Å². The number of ether oxygens (including phenoxy) is 2. The van der Waals surface area contributed by atoms with Gasteiger partial charge < -0.3 is 15.2 Å². The van der Waals surface area contributed by atoms with Gasteiger partial charge in [-0.1, -0.05) is 42.5 Å². The van der Waals surface area contributed by atoms with Crippen LogP contribution in [0.1, 0.15) is 33.2 Å². The molecule has 0 fully saturated rings. The molecular weight excluding hydrogens is 306 g/mol. The number of rotatable bonds is 3. The Labute approximate surface area is 139 Å². The Morgan fingerprint density at radius 3 is 2.54 bits per heavy atom. The average Bonchev–Trinajstić information content (AvgIpc) is 2.90. The van der Waals surface area contributed by atoms with Crippen molar-refractivity contribution in [1.29, 1.82) is 0 Å². The molecule has 0 aliphatic carbocycles. The third kappa shape index (κ3) is 2.65. The van der Waals surface area contributed by atoms with Crippen LogP contribution < -0.4 is 5.73 Å². The summed E-state index contributed by atoms with van der Waals surface area (Å²) in [6.07, 6.45) is -0.760. The van der Waals surface area contributed by atoms with Gasteiger partial charge in [0, 0.05) is 5.56 Å². The molecule has 0 saturated carbocycles. The number of ketones is 1. The van der Waals surface area contributed by atoms with E-state index in [4.69, 9.17) is 15.2 Å². The molecule has 0 bridgehead atoms. The first-order valence-corrected chi connectivity index (χ1v) is 7.48. The van der Waals surface area contributed by atoms with Crippen LogP contribution in [0.25, 0.3) is 5.57 Å². The zero-order valence-corrected chi connectivity index (χ0v) is 13.4. The molecule has 1 heterocycles. The number of benzene rings is 2. The minimum atomic E-state index is -0.760. The summed E-state index contributed by atoms with van der Waals surface area (Å²) >= 11 is 0. The van der Waals surface area contributed by atoms with Gasteiger partial charge >= 0.3 is 5.97 Å². The number of Topliss-reactive ketones (excluding diaryl/α,β-unsaturated/α-hetero) is 1. The summed E-state index contributed by atoms with van der Waals surface area (Å²) < 4.78 is 10.4. The van der Waals surface area contributed by atoms with E-state index >= 15 is 0 Å². The highest BCUT2D eigenvalue weighted by Gasteiger charge is 2.36. The lowest BCUT2D eigenvalue weighted by atomic mass is 9.94. The van der Waals surface area contributed by atoms with Crippen molar-refractivity contribution in [3.05, 3.63) is 76.7 Å². The Balaban J connectivity index is 1.99. The van der Waals surface area contributed by atoms with E-state index in [0.717, 1.165) is 11.1 Å². The lowest BCUT2D eigenvalue weighted by Gasteiger charge is -2.10. The van der Waals surface area contributed by atoms with E-state index in [-0.39, 0.29) is 17.2 Å². The number of carbonyl (C=O) groups is 2. The summed E-state index contributed by atoms with van der Waals surface area (Å²) in [5, 5.41) is 0. The summed E-state index contributed by atoms with van der Waals surface area (Å²) in [6, 6.07) is 14.3. The third-order valence-corrected chi connectivity index (χ3v) is 4.01. The highest BCUT2D eigenvalue weighted by molar-refractivity contribution is 6.25. The SMILES string of the molecule is COC(=O)c1cc(C2=C(N)OC(c3ccccc3)C2=O)ccc1C. The Bertz CT molecular complexity index is 840. The largest absolute Gasteiger partial charge is 0.465 e. The number of carbonyl (C=O) groups excluding carboxylic acids is 2. The van der Waals surface area contributed by atoms with E-state index in [0.29, 0.717) is 11.1 Å². The van der Waals surface area contributed by atoms with Crippen LogP contribution in [0.5, 0.6) is 0 Å². The van der Waals surface area contributed by atoms with Crippen LogP contribution in [-0.2, 0) is 14.3 Å². The molecule has 0 amide bonds. The zero-order chi connectivity index (χ0) is 17.3. The molecule has 1 aliphatic heterocycles. The van der Waals surface area contributed by atoms with Gasteiger partial charge in [-0.15, -0.1) is 0 Å². The highest BCUT2D eigenvalue weighted by Crippen LogP contribution is 2.36. The lowest BCUT2D eigenvalue weighted by Crippen LogP contribution is -2.10. The number of esters is 1. The predicted octanol–water partition coefficient (Wildman–Crippen LogP) is 2.75. The van der Waals surface area contributed by atoms with Crippen molar-refractivity contribution >= 4 is 17.3 Å². The molecule has 0 saturated heterocycles. The molecule has 0 radical (unpaired) electrons. The number of hydrogen-bond acceptors (Lipinski definition) is 5. The van der Waals surface area contributed by atoms with Gasteiger partial charge in [0.05, 0.1) is 18.2 Å². The van der Waals surface area contributed by atoms with Gasteiger partial charge in [-0.3, -0.25) is 4.79 Å². The van der Waals surface area contributed by atoms with Crippen LogP contribution in [0.4, 0.5) is 0 Å². The Kier molecular flexibility index (Phi) is 4.08. The Morgan fingerprint density at radius 1 is 1.17 bits per heavy atom. The second kappa shape index (κ2) is 6.20. The van der Waals surface area contributed by atoms with E-state index in [1.165, 1.54) is 7.11 Å². The zero-order valence-electron chi connectivity index (χ0n) is 13.4. The molecule has 1 unspecified atom stereocenters. The van der Waals surface area contributed by atoms with Crippen LogP contribution in [-0.4, -0.2) is 18.9 Å². The first-order valence-electron chi connectivity index (χ1n) is 7.48. The molecule has 2 aromatic carbocycles. The number of hydrogen-bond donors (Lipinski definition) is 1. The molecule has 24 heavy (non-hydrogen) atoms. The molecule has 2 N–H and O–H groups in total. The van der Waals surface area contributed by atoms with E-state index in [9.17, 15) is 9.59 Å². The van der Waals surface area contributed by atoms with Crippen molar-refractivity contribution in [2.75, 3.05) is 7.11 Å². The third-order valence-electron chi connectivity index (χ3n) is 4.01. The van der Waals surface area contributed by atoms with Crippen molar-refractivity contribution in [3.63, 3.8) is 0 Å². The minimum Gasteiger partial charge on any atom is -0.465 e. The fraction of sp³-hybridized carbons (Fsp3) is 0.158. The monoisotopic (exact) mass is 323 g/mol. The van der Waals surface area contributed by atoms with Gasteiger partial charge in [0.15, 0.2) is 12.0 Å². The average molecular weight is 323 g/mol. The van der Waals surface area contributed by atoms with E-state index < -0.39 is 12.1 Å². The normalized spacial score (nSPS) is 16.9. The van der Waals surface area contributed by atoms with Crippen LogP contribution >= 0.6 is 0 Å². The molecule has 0 aromatic heterocycles. The molecular formula is C19H17NO4. The molecule has 122 valence electrons. The molecule has 1 atom stereocenters. The number of methoxy groups -OCH3 is 1. The van der Waals surface area contributed by atoms with Gasteiger partial charge in [0.2, 0.25) is 5.78 Å². The van der Waals surface area contributed by atoms with Crippen LogP contribution in [0.2, 0.25) is 0 Å².